The normalized spacial score (nSPS) is 10.0. The Bertz CT molecular complexity index is 857. The van der Waals surface area contributed by atoms with E-state index in [4.69, 9.17) is 40.2 Å². The molecule has 0 aromatic heterocycles. The predicted molar refractivity (Wildman–Crippen MR) is 107 cm³/mol. The van der Waals surface area contributed by atoms with Crippen LogP contribution in [0.25, 0.3) is 0 Å². The highest BCUT2D eigenvalue weighted by Crippen LogP contribution is 2.32. The van der Waals surface area contributed by atoms with E-state index in [1.54, 1.807) is 24.3 Å². The van der Waals surface area contributed by atoms with Gasteiger partial charge in [-0.1, -0.05) is 23.2 Å². The smallest absolute Gasteiger partial charge is 0.259 e. The van der Waals surface area contributed by atoms with Crippen LogP contribution in [0.15, 0.2) is 36.4 Å². The fourth-order valence-corrected chi connectivity index (χ4v) is 2.93. The number of thiocarbonyl (C=S) groups is 1. The summed E-state index contributed by atoms with van der Waals surface area (Å²) in [5.41, 5.74) is 1.42. The van der Waals surface area contributed by atoms with Crippen molar-refractivity contribution in [1.82, 2.24) is 5.32 Å². The van der Waals surface area contributed by atoms with Gasteiger partial charge >= 0.3 is 0 Å². The highest BCUT2D eigenvalue weighted by Gasteiger charge is 2.17. The van der Waals surface area contributed by atoms with Gasteiger partial charge < -0.3 is 20.7 Å². The minimum atomic E-state index is -0.416. The molecule has 0 saturated carbocycles. The van der Waals surface area contributed by atoms with E-state index < -0.39 is 5.91 Å². The molecule has 0 fully saturated rings. The van der Waals surface area contributed by atoms with Crippen LogP contribution >= 0.6 is 35.4 Å². The van der Waals surface area contributed by atoms with Gasteiger partial charge in [-0.25, -0.2) is 0 Å². The van der Waals surface area contributed by atoms with Crippen LogP contribution < -0.4 is 20.7 Å². The van der Waals surface area contributed by atoms with Crippen LogP contribution in [0.2, 0.25) is 10.0 Å². The van der Waals surface area contributed by atoms with Gasteiger partial charge in [0.25, 0.3) is 5.91 Å². The Labute approximate surface area is 165 Å². The van der Waals surface area contributed by atoms with Crippen molar-refractivity contribution in [2.75, 3.05) is 17.7 Å². The van der Waals surface area contributed by atoms with Gasteiger partial charge in [-0.3, -0.25) is 9.59 Å². The summed E-state index contributed by atoms with van der Waals surface area (Å²) in [4.78, 5) is 23.4. The van der Waals surface area contributed by atoms with E-state index in [0.29, 0.717) is 16.4 Å². The molecule has 2 rings (SSSR count). The summed E-state index contributed by atoms with van der Waals surface area (Å²) in [6, 6.07) is 9.73. The third-order valence-corrected chi connectivity index (χ3v) is 3.85. The van der Waals surface area contributed by atoms with Gasteiger partial charge in [0, 0.05) is 23.3 Å². The standard InChI is InChI=1S/C17H15Cl2N3O3S/c1-9(23)20-17(26)22-12-5-3-11(4-6-12)21-16(24)13-7-10(18)8-14(19)15(13)25-2/h3-8H,1-2H3,(H,21,24)(H2,20,22,23,26). The van der Waals surface area contributed by atoms with Crippen molar-refractivity contribution in [1.29, 1.82) is 0 Å². The Hall–Kier alpha value is -2.35. The van der Waals surface area contributed by atoms with E-state index in [1.807, 2.05) is 0 Å². The van der Waals surface area contributed by atoms with E-state index in [1.165, 1.54) is 26.2 Å². The molecule has 136 valence electrons. The molecule has 0 heterocycles. The van der Waals surface area contributed by atoms with Gasteiger partial charge in [-0.15, -0.1) is 0 Å². The number of carbonyl (C=O) groups excluding carboxylic acids is 2. The van der Waals surface area contributed by atoms with Gasteiger partial charge in [-0.05, 0) is 48.6 Å². The fraction of sp³-hybridized carbons (Fsp3) is 0.118. The van der Waals surface area contributed by atoms with Gasteiger partial charge in [0.1, 0.15) is 5.75 Å². The van der Waals surface area contributed by atoms with Crippen LogP contribution in [-0.2, 0) is 4.79 Å². The van der Waals surface area contributed by atoms with Crippen molar-refractivity contribution in [2.24, 2.45) is 0 Å². The minimum Gasteiger partial charge on any atom is -0.494 e. The maximum Gasteiger partial charge on any atom is 0.259 e. The average molecular weight is 412 g/mol. The van der Waals surface area contributed by atoms with Crippen LogP contribution in [-0.4, -0.2) is 24.0 Å². The first kappa shape index (κ1) is 20.0. The number of hydrogen-bond donors (Lipinski definition) is 3. The number of halogens is 2. The van der Waals surface area contributed by atoms with E-state index in [0.717, 1.165) is 0 Å². The molecule has 0 aliphatic carbocycles. The summed E-state index contributed by atoms with van der Waals surface area (Å²) in [6.07, 6.45) is 0. The second-order valence-electron chi connectivity index (χ2n) is 5.14. The number of anilines is 2. The number of nitrogens with one attached hydrogen (secondary N) is 3. The number of benzene rings is 2. The van der Waals surface area contributed by atoms with Crippen molar-refractivity contribution in [3.63, 3.8) is 0 Å². The fourth-order valence-electron chi connectivity index (χ4n) is 2.09. The summed E-state index contributed by atoms with van der Waals surface area (Å²) >= 11 is 17.0. The maximum atomic E-state index is 12.5. The summed E-state index contributed by atoms with van der Waals surface area (Å²) < 4.78 is 5.17. The highest BCUT2D eigenvalue weighted by atomic mass is 35.5. The molecule has 2 amide bonds. The summed E-state index contributed by atoms with van der Waals surface area (Å²) in [5.74, 6) is -0.436. The molecule has 2 aromatic carbocycles. The van der Waals surface area contributed by atoms with Crippen molar-refractivity contribution in [3.8, 4) is 5.75 Å². The zero-order valence-electron chi connectivity index (χ0n) is 13.9. The maximum absolute atomic E-state index is 12.5. The van der Waals surface area contributed by atoms with Gasteiger partial charge in [0.15, 0.2) is 5.11 Å². The second-order valence-corrected chi connectivity index (χ2v) is 6.39. The molecule has 0 saturated heterocycles. The van der Waals surface area contributed by atoms with Crippen LogP contribution in [0, 0.1) is 0 Å². The first-order chi connectivity index (χ1) is 12.3. The van der Waals surface area contributed by atoms with E-state index in [9.17, 15) is 9.59 Å². The lowest BCUT2D eigenvalue weighted by Gasteiger charge is -2.12. The van der Waals surface area contributed by atoms with Crippen LogP contribution in [0.1, 0.15) is 17.3 Å². The average Bonchev–Trinajstić information content (AvgIpc) is 2.55. The number of rotatable bonds is 4. The molecule has 0 spiro atoms. The summed E-state index contributed by atoms with van der Waals surface area (Å²) in [5, 5.41) is 8.80. The lowest BCUT2D eigenvalue weighted by molar-refractivity contribution is -0.117. The molecule has 2 aromatic rings. The Morgan fingerprint density at radius 1 is 1.04 bits per heavy atom. The molecule has 0 aliphatic heterocycles. The van der Waals surface area contributed by atoms with Crippen molar-refractivity contribution < 1.29 is 14.3 Å². The zero-order chi connectivity index (χ0) is 19.3. The number of methoxy groups -OCH3 is 1. The second kappa shape index (κ2) is 8.84. The van der Waals surface area contributed by atoms with Gasteiger partial charge in [0.05, 0.1) is 17.7 Å². The Morgan fingerprint density at radius 3 is 2.15 bits per heavy atom. The third kappa shape index (κ3) is 5.32. The first-order valence-corrected chi connectivity index (χ1v) is 8.49. The molecule has 6 nitrogen and oxygen atoms in total. The molecular weight excluding hydrogens is 397 g/mol. The van der Waals surface area contributed by atoms with Crippen LogP contribution in [0.3, 0.4) is 0 Å². The first-order valence-electron chi connectivity index (χ1n) is 7.33. The van der Waals surface area contributed by atoms with Crippen molar-refractivity contribution in [2.45, 2.75) is 6.92 Å². The molecule has 0 aliphatic rings. The van der Waals surface area contributed by atoms with E-state index in [-0.39, 0.29) is 27.4 Å². The predicted octanol–water partition coefficient (Wildman–Crippen LogP) is 4.09. The highest BCUT2D eigenvalue weighted by molar-refractivity contribution is 7.80. The minimum absolute atomic E-state index is 0.188. The zero-order valence-corrected chi connectivity index (χ0v) is 16.2. The van der Waals surface area contributed by atoms with Crippen LogP contribution in [0.4, 0.5) is 11.4 Å². The molecule has 26 heavy (non-hydrogen) atoms. The van der Waals surface area contributed by atoms with Crippen molar-refractivity contribution in [3.05, 3.63) is 52.0 Å². The summed E-state index contributed by atoms with van der Waals surface area (Å²) in [6.45, 7) is 1.36. The molecule has 9 heteroatoms. The molecule has 3 N–H and O–H groups in total. The van der Waals surface area contributed by atoms with Crippen LogP contribution in [0.5, 0.6) is 5.75 Å². The molecular formula is C17H15Cl2N3O3S. The Morgan fingerprint density at radius 2 is 1.62 bits per heavy atom. The topological polar surface area (TPSA) is 79.5 Å². The molecule has 0 atom stereocenters. The number of amides is 2. The molecule has 0 radical (unpaired) electrons. The number of ether oxygens (including phenoxy) is 1. The molecule has 0 unspecified atom stereocenters. The number of hydrogen-bond acceptors (Lipinski definition) is 4. The van der Waals surface area contributed by atoms with Gasteiger partial charge in [0.2, 0.25) is 5.91 Å². The SMILES string of the molecule is COc1c(Cl)cc(Cl)cc1C(=O)Nc1ccc(NC(=S)NC(C)=O)cc1. The summed E-state index contributed by atoms with van der Waals surface area (Å²) in [7, 11) is 1.42. The quantitative estimate of drug-likeness (QED) is 0.660. The Kier molecular flexibility index (Phi) is 6.79. The lowest BCUT2D eigenvalue weighted by Crippen LogP contribution is -2.32. The third-order valence-electron chi connectivity index (χ3n) is 3.15. The largest absolute Gasteiger partial charge is 0.494 e. The monoisotopic (exact) mass is 411 g/mol. The molecule has 0 bridgehead atoms. The number of carbonyl (C=O) groups is 2. The van der Waals surface area contributed by atoms with E-state index >= 15 is 0 Å². The lowest BCUT2D eigenvalue weighted by atomic mass is 10.1. The van der Waals surface area contributed by atoms with E-state index in [2.05, 4.69) is 16.0 Å². The Balaban J connectivity index is 2.11. The van der Waals surface area contributed by atoms with Crippen molar-refractivity contribution >= 4 is 63.7 Å². The van der Waals surface area contributed by atoms with Gasteiger partial charge in [-0.2, -0.15) is 0 Å².